The summed E-state index contributed by atoms with van der Waals surface area (Å²) in [5.74, 6) is -0.118. The molecule has 2 aliphatic heterocycles. The lowest BCUT2D eigenvalue weighted by Crippen LogP contribution is -2.46. The zero-order valence-electron chi connectivity index (χ0n) is 15.8. The molecule has 2 aliphatic rings. The third-order valence-electron chi connectivity index (χ3n) is 5.32. The highest BCUT2D eigenvalue weighted by Crippen LogP contribution is 2.27. The van der Waals surface area contributed by atoms with Crippen molar-refractivity contribution in [3.05, 3.63) is 48.0 Å². The first-order chi connectivity index (χ1) is 13.4. The van der Waals surface area contributed by atoms with Gasteiger partial charge in [-0.15, -0.1) is 0 Å². The number of carbonyl (C=O) groups is 1. The number of nitrogens with zero attached hydrogens (tertiary/aromatic N) is 2. The number of fused-ring (bicyclic) bond motifs is 1. The van der Waals surface area contributed by atoms with E-state index in [4.69, 9.17) is 0 Å². The molecule has 148 valence electrons. The van der Waals surface area contributed by atoms with Crippen molar-refractivity contribution in [2.75, 3.05) is 47.7 Å². The van der Waals surface area contributed by atoms with Crippen LogP contribution in [0.3, 0.4) is 0 Å². The molecule has 2 aromatic carbocycles. The van der Waals surface area contributed by atoms with Crippen LogP contribution >= 0.6 is 0 Å². The van der Waals surface area contributed by atoms with Crippen LogP contribution in [0.4, 0.5) is 17.1 Å². The Hall–Kier alpha value is -2.58. The van der Waals surface area contributed by atoms with Gasteiger partial charge < -0.3 is 15.1 Å². The van der Waals surface area contributed by atoms with Gasteiger partial charge in [0.25, 0.3) is 10.0 Å². The molecule has 0 saturated carbocycles. The number of piperazine rings is 1. The van der Waals surface area contributed by atoms with Crippen LogP contribution in [0.2, 0.25) is 0 Å². The summed E-state index contributed by atoms with van der Waals surface area (Å²) < 4.78 is 28.0. The molecule has 1 saturated heterocycles. The molecule has 0 atom stereocenters. The van der Waals surface area contributed by atoms with Crippen LogP contribution in [0.5, 0.6) is 0 Å². The standard InChI is InChI=1S/C20H24N4O3S/c1-2-23-9-11-24(12-10-23)17-5-3-16(4-6-17)22-28(26,27)18-7-8-19-15(13-18)14-20(25)21-19/h3-8,13,22H,2,9-12,14H2,1H3,(H,21,25). The minimum absolute atomic E-state index is 0.118. The number of likely N-dealkylation sites (N-methyl/N-ethyl adjacent to an activating group) is 1. The summed E-state index contributed by atoms with van der Waals surface area (Å²) in [5.41, 5.74) is 3.00. The molecule has 1 fully saturated rings. The van der Waals surface area contributed by atoms with Crippen LogP contribution in [0, 0.1) is 0 Å². The fraction of sp³-hybridized carbons (Fsp3) is 0.350. The largest absolute Gasteiger partial charge is 0.369 e. The van der Waals surface area contributed by atoms with Gasteiger partial charge in [-0.05, 0) is 54.6 Å². The predicted molar refractivity (Wildman–Crippen MR) is 110 cm³/mol. The van der Waals surface area contributed by atoms with E-state index < -0.39 is 10.0 Å². The molecule has 0 bridgehead atoms. The van der Waals surface area contributed by atoms with Crippen molar-refractivity contribution in [3.8, 4) is 0 Å². The van der Waals surface area contributed by atoms with Gasteiger partial charge in [-0.2, -0.15) is 0 Å². The molecular formula is C20H24N4O3S. The smallest absolute Gasteiger partial charge is 0.261 e. The summed E-state index contributed by atoms with van der Waals surface area (Å²) in [5, 5.41) is 2.71. The van der Waals surface area contributed by atoms with Gasteiger partial charge >= 0.3 is 0 Å². The van der Waals surface area contributed by atoms with Crippen molar-refractivity contribution < 1.29 is 13.2 Å². The second-order valence-electron chi connectivity index (χ2n) is 7.12. The molecule has 1 amide bonds. The number of hydrogen-bond donors (Lipinski definition) is 2. The average molecular weight is 401 g/mol. The van der Waals surface area contributed by atoms with Gasteiger partial charge in [-0.25, -0.2) is 8.42 Å². The fourth-order valence-electron chi connectivity index (χ4n) is 3.65. The lowest BCUT2D eigenvalue weighted by Gasteiger charge is -2.35. The SMILES string of the molecule is CCN1CCN(c2ccc(NS(=O)(=O)c3ccc4c(c3)CC(=O)N4)cc2)CC1. The van der Waals surface area contributed by atoms with Crippen LogP contribution in [0.15, 0.2) is 47.4 Å². The van der Waals surface area contributed by atoms with E-state index in [1.54, 1.807) is 24.3 Å². The number of carbonyl (C=O) groups excluding carboxylic acids is 1. The van der Waals surface area contributed by atoms with E-state index >= 15 is 0 Å². The summed E-state index contributed by atoms with van der Waals surface area (Å²) in [6.45, 7) is 7.27. The molecule has 0 unspecified atom stereocenters. The molecule has 0 aromatic heterocycles. The molecule has 7 nitrogen and oxygen atoms in total. The third kappa shape index (κ3) is 3.83. The van der Waals surface area contributed by atoms with E-state index in [9.17, 15) is 13.2 Å². The summed E-state index contributed by atoms with van der Waals surface area (Å²) in [4.78, 5) is 16.4. The summed E-state index contributed by atoms with van der Waals surface area (Å²) in [7, 11) is -3.71. The highest BCUT2D eigenvalue weighted by molar-refractivity contribution is 7.92. The normalized spacial score (nSPS) is 17.3. The third-order valence-corrected chi connectivity index (χ3v) is 6.70. The van der Waals surface area contributed by atoms with Gasteiger partial charge in [0, 0.05) is 43.2 Å². The van der Waals surface area contributed by atoms with E-state index in [1.165, 1.54) is 6.07 Å². The van der Waals surface area contributed by atoms with Crippen molar-refractivity contribution in [3.63, 3.8) is 0 Å². The number of sulfonamides is 1. The van der Waals surface area contributed by atoms with E-state index in [2.05, 4.69) is 26.8 Å². The number of hydrogen-bond acceptors (Lipinski definition) is 5. The van der Waals surface area contributed by atoms with E-state index in [0.29, 0.717) is 16.9 Å². The van der Waals surface area contributed by atoms with Crippen molar-refractivity contribution in [2.24, 2.45) is 0 Å². The minimum Gasteiger partial charge on any atom is -0.369 e. The number of amides is 1. The van der Waals surface area contributed by atoms with E-state index in [-0.39, 0.29) is 17.2 Å². The Kier molecular flexibility index (Phi) is 4.99. The molecule has 8 heteroatoms. The van der Waals surface area contributed by atoms with Crippen LogP contribution in [0.25, 0.3) is 0 Å². The maximum absolute atomic E-state index is 12.7. The molecule has 4 rings (SSSR count). The highest BCUT2D eigenvalue weighted by Gasteiger charge is 2.22. The number of rotatable bonds is 5. The van der Waals surface area contributed by atoms with Crippen molar-refractivity contribution in [1.82, 2.24) is 4.90 Å². The lowest BCUT2D eigenvalue weighted by atomic mass is 10.2. The first-order valence-electron chi connectivity index (χ1n) is 9.47. The van der Waals surface area contributed by atoms with E-state index in [1.807, 2.05) is 12.1 Å². The summed E-state index contributed by atoms with van der Waals surface area (Å²) in [6, 6.07) is 12.2. The molecule has 0 radical (unpaired) electrons. The van der Waals surface area contributed by atoms with Gasteiger partial charge in [-0.1, -0.05) is 6.92 Å². The zero-order valence-corrected chi connectivity index (χ0v) is 16.6. The van der Waals surface area contributed by atoms with Crippen LogP contribution in [0.1, 0.15) is 12.5 Å². The van der Waals surface area contributed by atoms with Gasteiger partial charge in [-0.3, -0.25) is 9.52 Å². The molecular weight excluding hydrogens is 376 g/mol. The van der Waals surface area contributed by atoms with E-state index in [0.717, 1.165) is 38.4 Å². The molecule has 0 aliphatic carbocycles. The van der Waals surface area contributed by atoms with Gasteiger partial charge in [0.1, 0.15) is 0 Å². The number of anilines is 3. The first-order valence-corrected chi connectivity index (χ1v) is 11.0. The molecule has 0 spiro atoms. The second kappa shape index (κ2) is 7.44. The fourth-order valence-corrected chi connectivity index (χ4v) is 4.76. The molecule has 2 heterocycles. The van der Waals surface area contributed by atoms with Gasteiger partial charge in [0.05, 0.1) is 11.3 Å². The Morgan fingerprint density at radius 2 is 1.75 bits per heavy atom. The number of benzene rings is 2. The zero-order chi connectivity index (χ0) is 19.7. The lowest BCUT2D eigenvalue weighted by molar-refractivity contribution is -0.115. The van der Waals surface area contributed by atoms with Crippen molar-refractivity contribution in [1.29, 1.82) is 0 Å². The first kappa shape index (κ1) is 18.8. The quantitative estimate of drug-likeness (QED) is 0.804. The molecule has 2 N–H and O–H groups in total. The summed E-state index contributed by atoms with van der Waals surface area (Å²) >= 11 is 0. The van der Waals surface area contributed by atoms with Gasteiger partial charge in [0.2, 0.25) is 5.91 Å². The van der Waals surface area contributed by atoms with Crippen LogP contribution < -0.4 is 14.9 Å². The monoisotopic (exact) mass is 400 g/mol. The highest BCUT2D eigenvalue weighted by atomic mass is 32.2. The van der Waals surface area contributed by atoms with Crippen molar-refractivity contribution in [2.45, 2.75) is 18.2 Å². The predicted octanol–water partition coefficient (Wildman–Crippen LogP) is 2.12. The second-order valence-corrected chi connectivity index (χ2v) is 8.80. The van der Waals surface area contributed by atoms with Crippen LogP contribution in [-0.4, -0.2) is 51.9 Å². The Balaban J connectivity index is 1.45. The van der Waals surface area contributed by atoms with Crippen molar-refractivity contribution >= 4 is 33.0 Å². The van der Waals surface area contributed by atoms with Crippen LogP contribution in [-0.2, 0) is 21.2 Å². The maximum Gasteiger partial charge on any atom is 0.261 e. The maximum atomic E-state index is 12.7. The Labute approximate surface area is 165 Å². The van der Waals surface area contributed by atoms with Gasteiger partial charge in [0.15, 0.2) is 0 Å². The molecule has 28 heavy (non-hydrogen) atoms. The minimum atomic E-state index is -3.71. The Morgan fingerprint density at radius 1 is 1.04 bits per heavy atom. The Morgan fingerprint density at radius 3 is 2.43 bits per heavy atom. The topological polar surface area (TPSA) is 81.8 Å². The number of nitrogens with one attached hydrogen (secondary N) is 2. The molecule has 2 aromatic rings. The summed E-state index contributed by atoms with van der Waals surface area (Å²) in [6.07, 6.45) is 0.207. The average Bonchev–Trinajstić information content (AvgIpc) is 3.07. The Bertz CT molecular complexity index is 981.